The number of ether oxygens (including phenoxy) is 1. The zero-order valence-corrected chi connectivity index (χ0v) is 12.7. The summed E-state index contributed by atoms with van der Waals surface area (Å²) < 4.78 is 27.7. The molecule has 1 rings (SSSR count). The number of hydrogen-bond donors (Lipinski definition) is 1. The van der Waals surface area contributed by atoms with Crippen LogP contribution in [0.2, 0.25) is 0 Å². The molecule has 1 heterocycles. The molecule has 0 saturated carbocycles. The largest absolute Gasteiger partial charge is 0.383 e. The molecule has 1 aliphatic rings. The topological polar surface area (TPSA) is 92.8 Å². The smallest absolute Gasteiger partial charge is 0.232 e. The zero-order chi connectivity index (χ0) is 15.2. The minimum Gasteiger partial charge on any atom is -0.383 e. The lowest BCUT2D eigenvalue weighted by Crippen LogP contribution is -2.43. The maximum Gasteiger partial charge on any atom is 0.232 e. The lowest BCUT2D eigenvalue weighted by Gasteiger charge is -2.26. The first-order chi connectivity index (χ1) is 9.39. The summed E-state index contributed by atoms with van der Waals surface area (Å²) in [7, 11) is -1.52. The second-order valence-electron chi connectivity index (χ2n) is 4.76. The van der Waals surface area contributed by atoms with Crippen molar-refractivity contribution in [1.82, 2.24) is 10.2 Å². The zero-order valence-electron chi connectivity index (χ0n) is 11.9. The van der Waals surface area contributed by atoms with Crippen LogP contribution in [0.5, 0.6) is 0 Å². The van der Waals surface area contributed by atoms with E-state index < -0.39 is 9.84 Å². The minimum atomic E-state index is -3.04. The Bertz CT molecular complexity index is 449. The summed E-state index contributed by atoms with van der Waals surface area (Å²) in [5.74, 6) is -0.588. The van der Waals surface area contributed by atoms with Crippen molar-refractivity contribution in [2.24, 2.45) is 0 Å². The molecule has 116 valence electrons. The average molecular weight is 306 g/mol. The van der Waals surface area contributed by atoms with Gasteiger partial charge in [-0.2, -0.15) is 0 Å². The van der Waals surface area contributed by atoms with Gasteiger partial charge in [-0.05, 0) is 13.3 Å². The molecule has 0 aromatic carbocycles. The van der Waals surface area contributed by atoms with Crippen molar-refractivity contribution in [1.29, 1.82) is 0 Å². The first kappa shape index (κ1) is 16.9. The van der Waals surface area contributed by atoms with Gasteiger partial charge in [-0.15, -0.1) is 0 Å². The Labute approximate surface area is 119 Å². The van der Waals surface area contributed by atoms with Gasteiger partial charge in [0.05, 0.1) is 18.1 Å². The van der Waals surface area contributed by atoms with Gasteiger partial charge in [0.15, 0.2) is 9.84 Å². The highest BCUT2D eigenvalue weighted by molar-refractivity contribution is 7.91. The Hall–Kier alpha value is -1.15. The highest BCUT2D eigenvalue weighted by Gasteiger charge is 2.34. The van der Waals surface area contributed by atoms with Gasteiger partial charge < -0.3 is 15.0 Å². The molecule has 20 heavy (non-hydrogen) atoms. The van der Waals surface area contributed by atoms with E-state index in [2.05, 4.69) is 5.32 Å². The molecule has 0 bridgehead atoms. The van der Waals surface area contributed by atoms with E-state index in [1.54, 1.807) is 6.92 Å². The van der Waals surface area contributed by atoms with Gasteiger partial charge in [0.1, 0.15) is 6.42 Å². The lowest BCUT2D eigenvalue weighted by atomic mass is 10.2. The van der Waals surface area contributed by atoms with Crippen molar-refractivity contribution < 1.29 is 22.7 Å². The maximum absolute atomic E-state index is 12.1. The van der Waals surface area contributed by atoms with Gasteiger partial charge in [0.2, 0.25) is 11.8 Å². The number of hydrogen-bond acceptors (Lipinski definition) is 5. The van der Waals surface area contributed by atoms with E-state index in [0.29, 0.717) is 26.1 Å². The second-order valence-corrected chi connectivity index (χ2v) is 6.98. The van der Waals surface area contributed by atoms with Crippen LogP contribution in [0.1, 0.15) is 19.8 Å². The molecule has 8 heteroatoms. The minimum absolute atomic E-state index is 0.00211. The third-order valence-corrected chi connectivity index (χ3v) is 5.00. The summed E-state index contributed by atoms with van der Waals surface area (Å²) in [5, 5.41) is 2.57. The molecule has 1 fully saturated rings. The van der Waals surface area contributed by atoms with Crippen LogP contribution in [0.4, 0.5) is 0 Å². The van der Waals surface area contributed by atoms with Crippen LogP contribution in [-0.4, -0.2) is 69.5 Å². The standard InChI is InChI=1S/C12H22N2O5S/c1-3-14(10-4-7-20(17,18)9-10)12(16)8-11(15)13-5-6-19-2/h10H,3-9H2,1-2H3,(H,13,15). The summed E-state index contributed by atoms with van der Waals surface area (Å²) in [6.07, 6.45) is 0.196. The van der Waals surface area contributed by atoms with E-state index in [-0.39, 0.29) is 35.8 Å². The quantitative estimate of drug-likeness (QED) is 0.490. The monoisotopic (exact) mass is 306 g/mol. The van der Waals surface area contributed by atoms with Gasteiger partial charge in [0, 0.05) is 26.2 Å². The van der Waals surface area contributed by atoms with E-state index >= 15 is 0 Å². The third-order valence-electron chi connectivity index (χ3n) is 3.25. The molecule has 1 aliphatic heterocycles. The van der Waals surface area contributed by atoms with Crippen molar-refractivity contribution >= 4 is 21.7 Å². The van der Waals surface area contributed by atoms with Crippen LogP contribution in [0.15, 0.2) is 0 Å². The molecule has 2 amide bonds. The summed E-state index contributed by atoms with van der Waals surface area (Å²) in [6, 6.07) is -0.302. The fraction of sp³-hybridized carbons (Fsp3) is 0.833. The van der Waals surface area contributed by atoms with Crippen LogP contribution in [0.3, 0.4) is 0 Å². The highest BCUT2D eigenvalue weighted by Crippen LogP contribution is 2.18. The van der Waals surface area contributed by atoms with Crippen LogP contribution in [-0.2, 0) is 24.2 Å². The SMILES string of the molecule is CCN(C(=O)CC(=O)NCCOC)C1CCS(=O)(=O)C1. The fourth-order valence-corrected chi connectivity index (χ4v) is 3.98. The number of nitrogens with zero attached hydrogens (tertiary/aromatic N) is 1. The Morgan fingerprint density at radius 2 is 2.10 bits per heavy atom. The molecule has 7 nitrogen and oxygen atoms in total. The van der Waals surface area contributed by atoms with Gasteiger partial charge in [-0.25, -0.2) is 8.42 Å². The molecule has 0 radical (unpaired) electrons. The van der Waals surface area contributed by atoms with E-state index in [1.165, 1.54) is 12.0 Å². The molecule has 1 saturated heterocycles. The van der Waals surface area contributed by atoms with Crippen LogP contribution in [0.25, 0.3) is 0 Å². The van der Waals surface area contributed by atoms with E-state index in [1.807, 2.05) is 0 Å². The number of methoxy groups -OCH3 is 1. The van der Waals surface area contributed by atoms with Gasteiger partial charge in [0.25, 0.3) is 0 Å². The molecule has 1 N–H and O–H groups in total. The molecule has 0 spiro atoms. The second kappa shape index (κ2) is 7.58. The van der Waals surface area contributed by atoms with Crippen LogP contribution >= 0.6 is 0 Å². The lowest BCUT2D eigenvalue weighted by molar-refractivity contribution is -0.137. The summed E-state index contributed by atoms with van der Waals surface area (Å²) in [5.41, 5.74) is 0. The molecule has 0 aliphatic carbocycles. The van der Waals surface area contributed by atoms with Crippen molar-refractivity contribution in [2.45, 2.75) is 25.8 Å². The van der Waals surface area contributed by atoms with E-state index in [4.69, 9.17) is 4.74 Å². The third kappa shape index (κ3) is 5.09. The number of carbonyl (C=O) groups is 2. The highest BCUT2D eigenvalue weighted by atomic mass is 32.2. The predicted octanol–water partition coefficient (Wildman–Crippen LogP) is -0.825. The Morgan fingerprint density at radius 3 is 2.60 bits per heavy atom. The van der Waals surface area contributed by atoms with Crippen molar-refractivity contribution in [3.8, 4) is 0 Å². The Kier molecular flexibility index (Phi) is 6.41. The van der Waals surface area contributed by atoms with Gasteiger partial charge >= 0.3 is 0 Å². The van der Waals surface area contributed by atoms with Crippen LogP contribution < -0.4 is 5.32 Å². The average Bonchev–Trinajstić information content (AvgIpc) is 2.70. The predicted molar refractivity (Wildman–Crippen MR) is 73.9 cm³/mol. The summed E-state index contributed by atoms with van der Waals surface area (Å²) >= 11 is 0. The molecule has 1 unspecified atom stereocenters. The van der Waals surface area contributed by atoms with Crippen molar-refractivity contribution in [3.63, 3.8) is 0 Å². The normalized spacial score (nSPS) is 20.6. The fourth-order valence-electron chi connectivity index (χ4n) is 2.25. The van der Waals surface area contributed by atoms with Gasteiger partial charge in [-0.1, -0.05) is 0 Å². The number of nitrogens with one attached hydrogen (secondary N) is 1. The molecule has 0 aromatic rings. The van der Waals surface area contributed by atoms with Crippen molar-refractivity contribution in [3.05, 3.63) is 0 Å². The number of amides is 2. The van der Waals surface area contributed by atoms with E-state index in [9.17, 15) is 18.0 Å². The van der Waals surface area contributed by atoms with Crippen molar-refractivity contribution in [2.75, 3.05) is 38.3 Å². The maximum atomic E-state index is 12.1. The number of rotatable bonds is 7. The summed E-state index contributed by atoms with van der Waals surface area (Å²) in [4.78, 5) is 25.1. The Balaban J connectivity index is 2.49. The van der Waals surface area contributed by atoms with Crippen LogP contribution in [0, 0.1) is 0 Å². The molecule has 0 aromatic heterocycles. The first-order valence-electron chi connectivity index (χ1n) is 6.65. The molecule has 1 atom stereocenters. The van der Waals surface area contributed by atoms with Gasteiger partial charge in [-0.3, -0.25) is 9.59 Å². The molecular weight excluding hydrogens is 284 g/mol. The van der Waals surface area contributed by atoms with E-state index in [0.717, 1.165) is 0 Å². The summed E-state index contributed by atoms with van der Waals surface area (Å²) in [6.45, 7) is 2.93. The number of carbonyl (C=O) groups excluding carboxylic acids is 2. The first-order valence-corrected chi connectivity index (χ1v) is 8.47. The Morgan fingerprint density at radius 1 is 1.40 bits per heavy atom. The molecular formula is C12H22N2O5S. The number of sulfone groups is 1.